The number of nitrogens with one attached hydrogen (secondary N) is 1. The maximum absolute atomic E-state index is 12.0. The molecule has 0 radical (unpaired) electrons. The van der Waals surface area contributed by atoms with Gasteiger partial charge in [-0.25, -0.2) is 0 Å². The molecule has 4 nitrogen and oxygen atoms in total. The van der Waals surface area contributed by atoms with Gasteiger partial charge in [0.05, 0.1) is 16.3 Å². The van der Waals surface area contributed by atoms with Gasteiger partial charge in [-0.3, -0.25) is 9.59 Å². The number of carbonyl (C=O) groups is 2. The van der Waals surface area contributed by atoms with E-state index < -0.39 is 0 Å². The lowest BCUT2D eigenvalue weighted by molar-refractivity contribution is -0.127. The lowest BCUT2D eigenvalue weighted by Gasteiger charge is -2.17. The van der Waals surface area contributed by atoms with Crippen LogP contribution in [0.5, 0.6) is 0 Å². The number of hydrogen-bond acceptors (Lipinski definition) is 3. The van der Waals surface area contributed by atoms with E-state index in [1.165, 1.54) is 11.8 Å². The summed E-state index contributed by atoms with van der Waals surface area (Å²) in [5, 5.41) is 1.67. The zero-order valence-electron chi connectivity index (χ0n) is 11.7. The molecular weight excluding hydrogens is 272 g/mol. The minimum absolute atomic E-state index is 0.0931. The van der Waals surface area contributed by atoms with Crippen LogP contribution in [0, 0.1) is 0 Å². The minimum Gasteiger partial charge on any atom is -0.349 e. The van der Waals surface area contributed by atoms with Crippen LogP contribution in [0.3, 0.4) is 0 Å². The van der Waals surface area contributed by atoms with E-state index in [2.05, 4.69) is 4.98 Å². The molecule has 1 heterocycles. The van der Waals surface area contributed by atoms with Crippen molar-refractivity contribution in [2.45, 2.75) is 18.9 Å². The fourth-order valence-corrected chi connectivity index (χ4v) is 3.12. The highest BCUT2D eigenvalue weighted by atomic mass is 32.2. The van der Waals surface area contributed by atoms with Crippen molar-refractivity contribution in [1.82, 2.24) is 9.88 Å². The van der Waals surface area contributed by atoms with E-state index in [0.29, 0.717) is 24.4 Å². The van der Waals surface area contributed by atoms with Gasteiger partial charge in [0.1, 0.15) is 0 Å². The topological polar surface area (TPSA) is 53.2 Å². The Hall–Kier alpha value is -1.75. The van der Waals surface area contributed by atoms with Gasteiger partial charge < -0.3 is 9.88 Å². The number of aromatic nitrogens is 1. The molecule has 0 atom stereocenters. The molecule has 0 saturated carbocycles. The minimum atomic E-state index is 0.0931. The predicted molar refractivity (Wildman–Crippen MR) is 82.3 cm³/mol. The summed E-state index contributed by atoms with van der Waals surface area (Å²) in [6.45, 7) is 5.35. The lowest BCUT2D eigenvalue weighted by atomic mass is 10.2. The summed E-state index contributed by atoms with van der Waals surface area (Å²) in [4.78, 5) is 28.3. The van der Waals surface area contributed by atoms with Crippen molar-refractivity contribution in [1.29, 1.82) is 0 Å². The average molecular weight is 290 g/mol. The number of thioether (sulfide) groups is 1. The molecule has 0 aliphatic heterocycles. The van der Waals surface area contributed by atoms with Crippen LogP contribution in [0.1, 0.15) is 24.2 Å². The van der Waals surface area contributed by atoms with Crippen LogP contribution in [-0.2, 0) is 4.79 Å². The third kappa shape index (κ3) is 2.88. The predicted octanol–water partition coefficient (Wildman–Crippen LogP) is 2.94. The van der Waals surface area contributed by atoms with Crippen molar-refractivity contribution in [3.63, 3.8) is 0 Å². The molecule has 1 amide bonds. The number of H-pyrrole nitrogens is 1. The lowest BCUT2D eigenvalue weighted by Crippen LogP contribution is -2.31. The molecule has 0 aliphatic carbocycles. The average Bonchev–Trinajstić information content (AvgIpc) is 2.83. The van der Waals surface area contributed by atoms with Gasteiger partial charge in [0.15, 0.2) is 6.29 Å². The number of amides is 1. The second kappa shape index (κ2) is 6.61. The number of nitrogens with zero attached hydrogens (tertiary/aromatic N) is 1. The van der Waals surface area contributed by atoms with Gasteiger partial charge in [-0.15, -0.1) is 0 Å². The van der Waals surface area contributed by atoms with Crippen LogP contribution in [0.25, 0.3) is 10.9 Å². The fraction of sp³-hybridized carbons (Fsp3) is 0.333. The number of carbonyl (C=O) groups excluding carboxylic acids is 2. The maximum atomic E-state index is 12.0. The number of aldehydes is 1. The zero-order valence-corrected chi connectivity index (χ0v) is 12.5. The number of benzene rings is 1. The molecule has 0 spiro atoms. The summed E-state index contributed by atoms with van der Waals surface area (Å²) >= 11 is 1.39. The zero-order chi connectivity index (χ0) is 14.5. The number of fused-ring (bicyclic) bond motifs is 1. The SMILES string of the molecule is CCN(CC)C(=O)CSc1[nH]c2ccccc2c1C=O. The van der Waals surface area contributed by atoms with E-state index in [4.69, 9.17) is 0 Å². The van der Waals surface area contributed by atoms with Crippen molar-refractivity contribution < 1.29 is 9.59 Å². The molecule has 0 aliphatic rings. The fourth-order valence-electron chi connectivity index (χ4n) is 2.17. The van der Waals surface area contributed by atoms with Crippen molar-refractivity contribution >= 4 is 34.9 Å². The molecule has 2 aromatic rings. The maximum Gasteiger partial charge on any atom is 0.232 e. The Morgan fingerprint density at radius 1 is 1.30 bits per heavy atom. The highest BCUT2D eigenvalue weighted by molar-refractivity contribution is 8.00. The first-order valence-electron chi connectivity index (χ1n) is 6.67. The van der Waals surface area contributed by atoms with Gasteiger partial charge >= 0.3 is 0 Å². The molecular formula is C15H18N2O2S. The van der Waals surface area contributed by atoms with Gasteiger partial charge in [0.25, 0.3) is 0 Å². The van der Waals surface area contributed by atoms with E-state index >= 15 is 0 Å². The summed E-state index contributed by atoms with van der Waals surface area (Å²) in [7, 11) is 0. The Morgan fingerprint density at radius 3 is 2.65 bits per heavy atom. The van der Waals surface area contributed by atoms with Crippen LogP contribution in [0.2, 0.25) is 0 Å². The third-order valence-corrected chi connectivity index (χ3v) is 4.29. The summed E-state index contributed by atoms with van der Waals surface area (Å²) in [5.74, 6) is 0.436. The second-order valence-corrected chi connectivity index (χ2v) is 5.37. The molecule has 20 heavy (non-hydrogen) atoms. The Bertz CT molecular complexity index is 617. The number of para-hydroxylation sites is 1. The van der Waals surface area contributed by atoms with Gasteiger partial charge in [-0.05, 0) is 19.9 Å². The monoisotopic (exact) mass is 290 g/mol. The standard InChI is InChI=1S/C15H18N2O2S/c1-3-17(4-2)14(19)10-20-15-12(9-18)11-7-5-6-8-13(11)16-15/h5-9,16H,3-4,10H2,1-2H3. The third-order valence-electron chi connectivity index (χ3n) is 3.28. The van der Waals surface area contributed by atoms with Crippen LogP contribution in [0.4, 0.5) is 0 Å². The normalized spacial score (nSPS) is 10.7. The first kappa shape index (κ1) is 14.7. The highest BCUT2D eigenvalue weighted by Crippen LogP contribution is 2.28. The molecule has 5 heteroatoms. The summed E-state index contributed by atoms with van der Waals surface area (Å²) in [5.41, 5.74) is 1.56. The Balaban J connectivity index is 2.17. The van der Waals surface area contributed by atoms with E-state index in [1.54, 1.807) is 4.90 Å². The first-order chi connectivity index (χ1) is 9.71. The van der Waals surface area contributed by atoms with E-state index in [-0.39, 0.29) is 5.91 Å². The molecule has 2 rings (SSSR count). The molecule has 106 valence electrons. The smallest absolute Gasteiger partial charge is 0.232 e. The number of hydrogen-bond donors (Lipinski definition) is 1. The number of aromatic amines is 1. The summed E-state index contributed by atoms with van der Waals surface area (Å²) < 4.78 is 0. The second-order valence-electron chi connectivity index (χ2n) is 4.39. The number of rotatable bonds is 6. The van der Waals surface area contributed by atoms with Crippen molar-refractivity contribution in [2.24, 2.45) is 0 Å². The van der Waals surface area contributed by atoms with E-state index in [0.717, 1.165) is 22.2 Å². The quantitative estimate of drug-likeness (QED) is 0.657. The Labute approximate surface area is 122 Å². The van der Waals surface area contributed by atoms with Crippen molar-refractivity contribution in [2.75, 3.05) is 18.8 Å². The van der Waals surface area contributed by atoms with Crippen LogP contribution in [0.15, 0.2) is 29.3 Å². The van der Waals surface area contributed by atoms with Crippen LogP contribution >= 0.6 is 11.8 Å². The molecule has 0 fully saturated rings. The first-order valence-corrected chi connectivity index (χ1v) is 7.66. The molecule has 1 N–H and O–H groups in total. The Morgan fingerprint density at radius 2 is 2.00 bits per heavy atom. The molecule has 1 aromatic heterocycles. The van der Waals surface area contributed by atoms with E-state index in [9.17, 15) is 9.59 Å². The molecule has 0 bridgehead atoms. The largest absolute Gasteiger partial charge is 0.349 e. The Kier molecular flexibility index (Phi) is 4.84. The van der Waals surface area contributed by atoms with Gasteiger partial charge in [-0.2, -0.15) is 0 Å². The van der Waals surface area contributed by atoms with Gasteiger partial charge in [0, 0.05) is 24.0 Å². The van der Waals surface area contributed by atoms with Crippen molar-refractivity contribution in [3.8, 4) is 0 Å². The van der Waals surface area contributed by atoms with Crippen LogP contribution < -0.4 is 0 Å². The summed E-state index contributed by atoms with van der Waals surface area (Å²) in [6.07, 6.45) is 0.850. The molecule has 0 saturated heterocycles. The highest BCUT2D eigenvalue weighted by Gasteiger charge is 2.14. The summed E-state index contributed by atoms with van der Waals surface area (Å²) in [6, 6.07) is 7.66. The van der Waals surface area contributed by atoms with Gasteiger partial charge in [0.2, 0.25) is 5.91 Å². The molecule has 1 aromatic carbocycles. The van der Waals surface area contributed by atoms with Crippen molar-refractivity contribution in [3.05, 3.63) is 29.8 Å². The molecule has 0 unspecified atom stereocenters. The van der Waals surface area contributed by atoms with E-state index in [1.807, 2.05) is 38.1 Å². The van der Waals surface area contributed by atoms with Gasteiger partial charge in [-0.1, -0.05) is 30.0 Å². The van der Waals surface area contributed by atoms with Crippen LogP contribution in [-0.4, -0.2) is 40.9 Å².